The third kappa shape index (κ3) is 3.39. The van der Waals surface area contributed by atoms with Gasteiger partial charge in [-0.2, -0.15) is 0 Å². The molecule has 0 unspecified atom stereocenters. The van der Waals surface area contributed by atoms with Crippen LogP contribution < -0.4 is 10.1 Å². The van der Waals surface area contributed by atoms with E-state index >= 15 is 0 Å². The molecule has 0 fully saturated rings. The smallest absolute Gasteiger partial charge is 0.251 e. The molecular formula is C16H16BrNO2. The van der Waals surface area contributed by atoms with E-state index in [1.807, 2.05) is 37.3 Å². The van der Waals surface area contributed by atoms with Crippen molar-refractivity contribution in [2.45, 2.75) is 13.0 Å². The SMILES string of the molecule is COc1ccc(C(=O)N[C@@H](C)c2ccccc2)cc1Br. The third-order valence-electron chi connectivity index (χ3n) is 3.06. The van der Waals surface area contributed by atoms with Gasteiger partial charge in [0, 0.05) is 5.56 Å². The average Bonchev–Trinajstić information content (AvgIpc) is 2.48. The van der Waals surface area contributed by atoms with E-state index in [4.69, 9.17) is 4.74 Å². The molecular weight excluding hydrogens is 318 g/mol. The summed E-state index contributed by atoms with van der Waals surface area (Å²) in [6, 6.07) is 15.1. The second kappa shape index (κ2) is 6.57. The largest absolute Gasteiger partial charge is 0.496 e. The number of ether oxygens (including phenoxy) is 1. The summed E-state index contributed by atoms with van der Waals surface area (Å²) < 4.78 is 5.92. The number of nitrogens with one attached hydrogen (secondary N) is 1. The highest BCUT2D eigenvalue weighted by molar-refractivity contribution is 9.10. The van der Waals surface area contributed by atoms with Gasteiger partial charge in [0.15, 0.2) is 0 Å². The van der Waals surface area contributed by atoms with E-state index in [0.717, 1.165) is 10.0 Å². The summed E-state index contributed by atoms with van der Waals surface area (Å²) in [6.07, 6.45) is 0. The molecule has 0 saturated carbocycles. The van der Waals surface area contributed by atoms with Gasteiger partial charge < -0.3 is 10.1 Å². The van der Waals surface area contributed by atoms with E-state index in [9.17, 15) is 4.79 Å². The Hall–Kier alpha value is -1.81. The van der Waals surface area contributed by atoms with Crippen LogP contribution in [-0.2, 0) is 0 Å². The molecule has 0 aliphatic rings. The van der Waals surface area contributed by atoms with Crippen LogP contribution in [0.4, 0.5) is 0 Å². The summed E-state index contributed by atoms with van der Waals surface area (Å²) in [5, 5.41) is 2.98. The number of halogens is 1. The minimum absolute atomic E-state index is 0.0374. The van der Waals surface area contributed by atoms with Crippen molar-refractivity contribution in [3.8, 4) is 5.75 Å². The van der Waals surface area contributed by atoms with Crippen LogP contribution in [0.1, 0.15) is 28.9 Å². The van der Waals surface area contributed by atoms with Gasteiger partial charge >= 0.3 is 0 Å². The van der Waals surface area contributed by atoms with Gasteiger partial charge in [0.05, 0.1) is 17.6 Å². The number of rotatable bonds is 4. The van der Waals surface area contributed by atoms with Crippen molar-refractivity contribution in [3.63, 3.8) is 0 Å². The minimum Gasteiger partial charge on any atom is -0.496 e. The van der Waals surface area contributed by atoms with Crippen LogP contribution in [-0.4, -0.2) is 13.0 Å². The Morgan fingerprint density at radius 2 is 1.90 bits per heavy atom. The van der Waals surface area contributed by atoms with Gasteiger partial charge in [-0.15, -0.1) is 0 Å². The Kier molecular flexibility index (Phi) is 4.79. The quantitative estimate of drug-likeness (QED) is 0.919. The molecule has 1 atom stereocenters. The zero-order valence-corrected chi connectivity index (χ0v) is 13.0. The summed E-state index contributed by atoms with van der Waals surface area (Å²) in [6.45, 7) is 1.96. The highest BCUT2D eigenvalue weighted by atomic mass is 79.9. The Morgan fingerprint density at radius 3 is 2.50 bits per heavy atom. The van der Waals surface area contributed by atoms with Crippen molar-refractivity contribution in [2.24, 2.45) is 0 Å². The third-order valence-corrected chi connectivity index (χ3v) is 3.68. The summed E-state index contributed by atoms with van der Waals surface area (Å²) in [5.41, 5.74) is 1.67. The number of hydrogen-bond acceptors (Lipinski definition) is 2. The van der Waals surface area contributed by atoms with Crippen molar-refractivity contribution in [1.29, 1.82) is 0 Å². The first-order chi connectivity index (χ1) is 9.61. The number of carbonyl (C=O) groups is 1. The Bertz CT molecular complexity index is 599. The molecule has 0 aliphatic carbocycles. The highest BCUT2D eigenvalue weighted by Gasteiger charge is 2.12. The molecule has 4 heteroatoms. The lowest BCUT2D eigenvalue weighted by atomic mass is 10.1. The molecule has 0 aliphatic heterocycles. The fourth-order valence-electron chi connectivity index (χ4n) is 1.91. The van der Waals surface area contributed by atoms with Gasteiger partial charge in [-0.1, -0.05) is 30.3 Å². The number of amides is 1. The number of hydrogen-bond donors (Lipinski definition) is 1. The lowest BCUT2D eigenvalue weighted by Gasteiger charge is -2.14. The second-order valence-corrected chi connectivity index (χ2v) is 5.31. The van der Waals surface area contributed by atoms with Crippen LogP contribution in [0.5, 0.6) is 5.75 Å². The molecule has 1 N–H and O–H groups in total. The van der Waals surface area contributed by atoms with E-state index in [-0.39, 0.29) is 11.9 Å². The molecule has 2 aromatic carbocycles. The van der Waals surface area contributed by atoms with Gasteiger partial charge in [-0.05, 0) is 46.6 Å². The van der Waals surface area contributed by atoms with Crippen LogP contribution in [0.25, 0.3) is 0 Å². The molecule has 104 valence electrons. The van der Waals surface area contributed by atoms with Crippen LogP contribution in [0, 0.1) is 0 Å². The van der Waals surface area contributed by atoms with Crippen molar-refractivity contribution >= 4 is 21.8 Å². The minimum atomic E-state index is -0.107. The van der Waals surface area contributed by atoms with Gasteiger partial charge in [0.25, 0.3) is 5.91 Å². The van der Waals surface area contributed by atoms with E-state index in [1.54, 1.807) is 25.3 Å². The molecule has 2 aromatic rings. The Balaban J connectivity index is 2.10. The summed E-state index contributed by atoms with van der Waals surface area (Å²) >= 11 is 3.38. The normalized spacial score (nSPS) is 11.8. The molecule has 0 heterocycles. The van der Waals surface area contributed by atoms with Gasteiger partial charge in [-0.25, -0.2) is 0 Å². The Labute approximate surface area is 127 Å². The van der Waals surface area contributed by atoms with Crippen LogP contribution in [0.2, 0.25) is 0 Å². The molecule has 0 aromatic heterocycles. The summed E-state index contributed by atoms with van der Waals surface area (Å²) in [5.74, 6) is 0.599. The maximum atomic E-state index is 12.2. The number of benzene rings is 2. The highest BCUT2D eigenvalue weighted by Crippen LogP contribution is 2.25. The second-order valence-electron chi connectivity index (χ2n) is 4.46. The number of methoxy groups -OCH3 is 1. The van der Waals surface area contributed by atoms with Crippen molar-refractivity contribution in [3.05, 3.63) is 64.1 Å². The lowest BCUT2D eigenvalue weighted by Crippen LogP contribution is -2.26. The van der Waals surface area contributed by atoms with Gasteiger partial charge in [0.1, 0.15) is 5.75 Å². The molecule has 0 saturated heterocycles. The molecule has 3 nitrogen and oxygen atoms in total. The fourth-order valence-corrected chi connectivity index (χ4v) is 2.45. The molecule has 1 amide bonds. The topological polar surface area (TPSA) is 38.3 Å². The van der Waals surface area contributed by atoms with Crippen LogP contribution >= 0.6 is 15.9 Å². The standard InChI is InChI=1S/C16H16BrNO2/c1-11(12-6-4-3-5-7-12)18-16(19)13-8-9-15(20-2)14(17)10-13/h3-11H,1-2H3,(H,18,19)/t11-/m0/s1. The van der Waals surface area contributed by atoms with Gasteiger partial charge in [0.2, 0.25) is 0 Å². The molecule has 2 rings (SSSR count). The molecule has 0 radical (unpaired) electrons. The van der Waals surface area contributed by atoms with E-state index in [1.165, 1.54) is 0 Å². The fraction of sp³-hybridized carbons (Fsp3) is 0.188. The predicted molar refractivity (Wildman–Crippen MR) is 83.0 cm³/mol. The first kappa shape index (κ1) is 14.6. The zero-order valence-electron chi connectivity index (χ0n) is 11.4. The van der Waals surface area contributed by atoms with Crippen molar-refractivity contribution in [2.75, 3.05) is 7.11 Å². The van der Waals surface area contributed by atoms with E-state index in [2.05, 4.69) is 21.2 Å². The monoisotopic (exact) mass is 333 g/mol. The van der Waals surface area contributed by atoms with Crippen LogP contribution in [0.3, 0.4) is 0 Å². The van der Waals surface area contributed by atoms with Crippen molar-refractivity contribution < 1.29 is 9.53 Å². The van der Waals surface area contributed by atoms with Crippen molar-refractivity contribution in [1.82, 2.24) is 5.32 Å². The van der Waals surface area contributed by atoms with E-state index < -0.39 is 0 Å². The first-order valence-corrected chi connectivity index (χ1v) is 7.10. The molecule has 0 bridgehead atoms. The van der Waals surface area contributed by atoms with E-state index in [0.29, 0.717) is 11.3 Å². The summed E-state index contributed by atoms with van der Waals surface area (Å²) in [7, 11) is 1.59. The zero-order chi connectivity index (χ0) is 14.5. The Morgan fingerprint density at radius 1 is 1.20 bits per heavy atom. The average molecular weight is 334 g/mol. The molecule has 20 heavy (non-hydrogen) atoms. The summed E-state index contributed by atoms with van der Waals surface area (Å²) in [4.78, 5) is 12.2. The number of carbonyl (C=O) groups excluding carboxylic acids is 1. The van der Waals surface area contributed by atoms with Crippen LogP contribution in [0.15, 0.2) is 53.0 Å². The first-order valence-electron chi connectivity index (χ1n) is 6.31. The maximum Gasteiger partial charge on any atom is 0.251 e. The molecule has 0 spiro atoms. The van der Waals surface area contributed by atoms with Gasteiger partial charge in [-0.3, -0.25) is 4.79 Å². The maximum absolute atomic E-state index is 12.2. The predicted octanol–water partition coefficient (Wildman–Crippen LogP) is 3.95. The lowest BCUT2D eigenvalue weighted by molar-refractivity contribution is 0.0940.